The Bertz CT molecular complexity index is 924. The minimum atomic E-state index is -0.374. The van der Waals surface area contributed by atoms with Crippen LogP contribution in [0, 0.1) is 0 Å². The largest absolute Gasteiger partial charge is 0.457 e. The molecule has 2 heterocycles. The highest BCUT2D eigenvalue weighted by atomic mass is 32.2. The number of carbonyl (C=O) groups excluding carboxylic acids is 3. The van der Waals surface area contributed by atoms with Crippen molar-refractivity contribution in [1.82, 2.24) is 15.5 Å². The molecule has 7 nitrogen and oxygen atoms in total. The van der Waals surface area contributed by atoms with Crippen LogP contribution in [-0.4, -0.2) is 53.4 Å². The van der Waals surface area contributed by atoms with Crippen molar-refractivity contribution in [3.63, 3.8) is 0 Å². The molecule has 0 bridgehead atoms. The molecule has 0 aromatic heterocycles. The van der Waals surface area contributed by atoms with Crippen LogP contribution in [0.5, 0.6) is 11.5 Å². The van der Waals surface area contributed by atoms with E-state index in [9.17, 15) is 14.4 Å². The third-order valence-electron chi connectivity index (χ3n) is 5.10. The van der Waals surface area contributed by atoms with Crippen LogP contribution in [0.2, 0.25) is 0 Å². The highest BCUT2D eigenvalue weighted by Crippen LogP contribution is 2.26. The number of nitrogens with one attached hydrogen (secondary N) is 2. The van der Waals surface area contributed by atoms with Crippen LogP contribution in [-0.2, 0) is 22.4 Å². The van der Waals surface area contributed by atoms with E-state index < -0.39 is 0 Å². The normalized spacial score (nSPS) is 18.9. The third-order valence-corrected chi connectivity index (χ3v) is 6.08. The molecule has 156 valence electrons. The number of nitrogens with zero attached hydrogens (tertiary/aromatic N) is 1. The Morgan fingerprint density at radius 3 is 2.13 bits per heavy atom. The molecule has 0 aliphatic carbocycles. The van der Waals surface area contributed by atoms with E-state index in [1.165, 1.54) is 0 Å². The second-order valence-electron chi connectivity index (χ2n) is 7.28. The highest BCUT2D eigenvalue weighted by molar-refractivity contribution is 8.15. The minimum Gasteiger partial charge on any atom is -0.457 e. The quantitative estimate of drug-likeness (QED) is 0.739. The van der Waals surface area contributed by atoms with E-state index >= 15 is 0 Å². The smallest absolute Gasteiger partial charge is 0.286 e. The van der Waals surface area contributed by atoms with E-state index in [1.807, 2.05) is 53.4 Å². The fraction of sp³-hybridized carbons (Fsp3) is 0.318. The van der Waals surface area contributed by atoms with E-state index in [4.69, 9.17) is 4.74 Å². The lowest BCUT2D eigenvalue weighted by Crippen LogP contribution is -2.46. The molecular formula is C22H23N3O4S. The number of benzene rings is 2. The van der Waals surface area contributed by atoms with Crippen LogP contribution in [0.3, 0.4) is 0 Å². The van der Waals surface area contributed by atoms with Gasteiger partial charge in [-0.2, -0.15) is 0 Å². The average molecular weight is 426 g/mol. The van der Waals surface area contributed by atoms with Gasteiger partial charge in [0.2, 0.25) is 11.8 Å². The van der Waals surface area contributed by atoms with E-state index in [0.29, 0.717) is 24.3 Å². The summed E-state index contributed by atoms with van der Waals surface area (Å²) in [7, 11) is 0. The Labute approximate surface area is 179 Å². The number of rotatable bonds is 6. The minimum absolute atomic E-state index is 0.150. The zero-order valence-electron chi connectivity index (χ0n) is 16.4. The van der Waals surface area contributed by atoms with E-state index in [2.05, 4.69) is 10.6 Å². The van der Waals surface area contributed by atoms with Crippen molar-refractivity contribution in [2.24, 2.45) is 0 Å². The number of piperazine rings is 1. The zero-order valence-corrected chi connectivity index (χ0v) is 17.2. The van der Waals surface area contributed by atoms with Gasteiger partial charge >= 0.3 is 0 Å². The first-order valence-electron chi connectivity index (χ1n) is 9.92. The first kappa shape index (κ1) is 20.4. The van der Waals surface area contributed by atoms with Crippen molar-refractivity contribution in [1.29, 1.82) is 0 Å². The van der Waals surface area contributed by atoms with Crippen molar-refractivity contribution < 1.29 is 19.1 Å². The van der Waals surface area contributed by atoms with E-state index in [1.54, 1.807) is 0 Å². The summed E-state index contributed by atoms with van der Waals surface area (Å²) in [5.74, 6) is 1.29. The molecule has 2 aliphatic heterocycles. The number of hydrogen-bond donors (Lipinski definition) is 2. The summed E-state index contributed by atoms with van der Waals surface area (Å²) in [6.45, 7) is 3.22. The van der Waals surface area contributed by atoms with Gasteiger partial charge in [0.05, 0.1) is 11.7 Å². The maximum absolute atomic E-state index is 12.4. The molecule has 2 N–H and O–H groups in total. The predicted molar refractivity (Wildman–Crippen MR) is 115 cm³/mol. The van der Waals surface area contributed by atoms with Crippen LogP contribution < -0.4 is 15.4 Å². The van der Waals surface area contributed by atoms with Crippen LogP contribution >= 0.6 is 11.8 Å². The van der Waals surface area contributed by atoms with Gasteiger partial charge in [-0.1, -0.05) is 36.0 Å². The summed E-state index contributed by atoms with van der Waals surface area (Å²) < 4.78 is 5.88. The Morgan fingerprint density at radius 1 is 0.967 bits per heavy atom. The van der Waals surface area contributed by atoms with Crippen LogP contribution in [0.1, 0.15) is 11.1 Å². The molecule has 3 amide bonds. The van der Waals surface area contributed by atoms with Gasteiger partial charge in [-0.15, -0.1) is 0 Å². The molecule has 30 heavy (non-hydrogen) atoms. The third kappa shape index (κ3) is 5.20. The number of thioether (sulfide) groups is 1. The zero-order chi connectivity index (χ0) is 20.9. The van der Waals surface area contributed by atoms with Gasteiger partial charge in [0.15, 0.2) is 0 Å². The van der Waals surface area contributed by atoms with Gasteiger partial charge in [0.25, 0.3) is 5.24 Å². The lowest BCUT2D eigenvalue weighted by atomic mass is 10.1. The van der Waals surface area contributed by atoms with Crippen LogP contribution in [0.25, 0.3) is 0 Å². The predicted octanol–water partition coefficient (Wildman–Crippen LogP) is 2.35. The molecule has 0 saturated carbocycles. The molecule has 2 aromatic carbocycles. The molecule has 0 radical (unpaired) electrons. The number of carbonyl (C=O) groups is 3. The molecule has 8 heteroatoms. The molecule has 2 aliphatic rings. The summed E-state index contributed by atoms with van der Waals surface area (Å²) >= 11 is 1.03. The molecule has 1 atom stereocenters. The topological polar surface area (TPSA) is 87.7 Å². The number of ether oxygens (including phenoxy) is 1. The average Bonchev–Trinajstić information content (AvgIpc) is 3.08. The molecule has 4 rings (SSSR count). The van der Waals surface area contributed by atoms with E-state index in [0.717, 1.165) is 49.1 Å². The first-order chi connectivity index (χ1) is 14.6. The molecule has 1 unspecified atom stereocenters. The maximum Gasteiger partial charge on any atom is 0.286 e. The second kappa shape index (κ2) is 9.32. The fourth-order valence-electron chi connectivity index (χ4n) is 3.45. The Hall–Kier alpha value is -2.84. The number of amides is 3. The Kier molecular flexibility index (Phi) is 6.35. The summed E-state index contributed by atoms with van der Waals surface area (Å²) in [6.07, 6.45) is 0.891. The number of imide groups is 1. The van der Waals surface area contributed by atoms with Gasteiger partial charge in [0, 0.05) is 26.2 Å². The monoisotopic (exact) mass is 425 g/mol. The molecule has 2 aromatic rings. The Balaban J connectivity index is 1.30. The van der Waals surface area contributed by atoms with Crippen molar-refractivity contribution in [2.45, 2.75) is 18.1 Å². The van der Waals surface area contributed by atoms with Crippen LogP contribution in [0.4, 0.5) is 4.79 Å². The van der Waals surface area contributed by atoms with Crippen molar-refractivity contribution in [3.05, 3.63) is 59.7 Å². The molecule has 0 spiro atoms. The number of hydrogen-bond acceptors (Lipinski definition) is 6. The SMILES string of the molecule is O=C1NC(=O)C(Cc2ccc(Oc3ccc(CC(=O)N4CCNCC4)cc3)cc2)S1. The lowest BCUT2D eigenvalue weighted by molar-refractivity contribution is -0.131. The molecule has 2 fully saturated rings. The van der Waals surface area contributed by atoms with Gasteiger partial charge < -0.3 is 15.0 Å². The van der Waals surface area contributed by atoms with Gasteiger partial charge in [0.1, 0.15) is 11.5 Å². The summed E-state index contributed by atoms with van der Waals surface area (Å²) in [6, 6.07) is 15.0. The molecular weight excluding hydrogens is 402 g/mol. The first-order valence-corrected chi connectivity index (χ1v) is 10.8. The van der Waals surface area contributed by atoms with Gasteiger partial charge in [-0.25, -0.2) is 0 Å². The summed E-state index contributed by atoms with van der Waals surface area (Å²) in [4.78, 5) is 37.2. The van der Waals surface area contributed by atoms with Crippen molar-refractivity contribution in [3.8, 4) is 11.5 Å². The fourth-order valence-corrected chi connectivity index (χ4v) is 4.31. The van der Waals surface area contributed by atoms with Gasteiger partial charge in [-0.05, 0) is 41.8 Å². The molecule has 2 saturated heterocycles. The van der Waals surface area contributed by atoms with Crippen LogP contribution in [0.15, 0.2) is 48.5 Å². The Morgan fingerprint density at radius 2 is 1.57 bits per heavy atom. The van der Waals surface area contributed by atoms with E-state index in [-0.39, 0.29) is 22.3 Å². The van der Waals surface area contributed by atoms with Gasteiger partial charge in [-0.3, -0.25) is 19.7 Å². The maximum atomic E-state index is 12.4. The summed E-state index contributed by atoms with van der Waals surface area (Å²) in [5.41, 5.74) is 1.93. The standard InChI is InChI=1S/C22H23N3O4S/c26-20(25-11-9-23-10-12-25)14-16-3-7-18(8-4-16)29-17-5-1-15(2-6-17)13-19-21(27)24-22(28)30-19/h1-8,19,23H,9-14H2,(H,24,27,28). The summed E-state index contributed by atoms with van der Waals surface area (Å²) in [5, 5.41) is 4.88. The highest BCUT2D eigenvalue weighted by Gasteiger charge is 2.31. The second-order valence-corrected chi connectivity index (χ2v) is 8.46. The van der Waals surface area contributed by atoms with Crippen molar-refractivity contribution >= 4 is 28.8 Å². The van der Waals surface area contributed by atoms with Crippen molar-refractivity contribution in [2.75, 3.05) is 26.2 Å². The lowest BCUT2D eigenvalue weighted by Gasteiger charge is -2.27.